The predicted octanol–water partition coefficient (Wildman–Crippen LogP) is 24.3. The summed E-state index contributed by atoms with van der Waals surface area (Å²) in [6, 6.07) is 87.6. The molecule has 4 heteroatoms. The second-order valence-electron chi connectivity index (χ2n) is 29.3. The molecule has 2 aromatic heterocycles. The monoisotopic (exact) mass is 1150 g/mol. The average molecular weight is 1160 g/mol. The third-order valence-electron chi connectivity index (χ3n) is 19.7. The van der Waals surface area contributed by atoms with Gasteiger partial charge in [-0.3, -0.25) is 0 Å². The Morgan fingerprint density at radius 3 is 1.15 bits per heavy atom. The minimum Gasteiger partial charge on any atom is -0.456 e. The van der Waals surface area contributed by atoms with Gasteiger partial charge in [0.25, 0.3) is 0 Å². The van der Waals surface area contributed by atoms with Crippen LogP contribution in [0, 0.1) is 0 Å². The molecule has 0 amide bonds. The molecule has 0 N–H and O–H groups in total. The Labute approximate surface area is 522 Å². The molecule has 0 saturated carbocycles. The second kappa shape index (κ2) is 19.2. The topological polar surface area (TPSA) is 32.8 Å². The van der Waals surface area contributed by atoms with Crippen LogP contribution in [0.1, 0.15) is 128 Å². The second-order valence-corrected chi connectivity index (χ2v) is 29.3. The van der Waals surface area contributed by atoms with Crippen molar-refractivity contribution in [3.63, 3.8) is 0 Å². The van der Waals surface area contributed by atoms with Crippen molar-refractivity contribution in [2.45, 2.75) is 110 Å². The highest BCUT2D eigenvalue weighted by Gasteiger charge is 2.54. The molecule has 1 spiro atoms. The van der Waals surface area contributed by atoms with Crippen molar-refractivity contribution in [2.24, 2.45) is 0 Å². The van der Waals surface area contributed by atoms with E-state index in [0.717, 1.165) is 99.5 Å². The maximum Gasteiger partial charge on any atom is 0.136 e. The zero-order valence-electron chi connectivity index (χ0n) is 53.2. The van der Waals surface area contributed by atoms with Gasteiger partial charge in [0.15, 0.2) is 0 Å². The normalized spacial score (nSPS) is 13.7. The number of hydrogen-bond acceptors (Lipinski definition) is 4. The lowest BCUT2D eigenvalue weighted by Gasteiger charge is -2.34. The third kappa shape index (κ3) is 8.25. The van der Waals surface area contributed by atoms with E-state index in [0.29, 0.717) is 0 Å². The fourth-order valence-corrected chi connectivity index (χ4v) is 15.1. The van der Waals surface area contributed by atoms with E-state index in [1.807, 2.05) is 0 Å². The van der Waals surface area contributed by atoms with Crippen LogP contribution >= 0.6 is 0 Å². The minimum atomic E-state index is -0.810. The largest absolute Gasteiger partial charge is 0.456 e. The van der Waals surface area contributed by atoms with Crippen molar-refractivity contribution in [2.75, 3.05) is 9.80 Å². The quantitative estimate of drug-likeness (QED) is 0.166. The highest BCUT2D eigenvalue weighted by atomic mass is 16.3. The van der Waals surface area contributed by atoms with Crippen molar-refractivity contribution in [1.29, 1.82) is 0 Å². The lowest BCUT2D eigenvalue weighted by Crippen LogP contribution is -2.27. The van der Waals surface area contributed by atoms with Crippen LogP contribution in [0.25, 0.3) is 87.7 Å². The Bertz CT molecular complexity index is 5040. The highest BCUT2D eigenvalue weighted by Crippen LogP contribution is 2.68. The molecule has 0 fully saturated rings. The Kier molecular flexibility index (Phi) is 11.8. The average Bonchev–Trinajstić information content (AvgIpc) is 1.49. The number of hydrogen-bond donors (Lipinski definition) is 0. The number of rotatable bonds is 6. The molecular formula is C85H74N2O2. The first kappa shape index (κ1) is 54.7. The molecule has 0 aliphatic heterocycles. The Balaban J connectivity index is 1.12. The van der Waals surface area contributed by atoms with Crippen LogP contribution in [-0.2, 0) is 27.1 Å². The third-order valence-corrected chi connectivity index (χ3v) is 19.7. The van der Waals surface area contributed by atoms with E-state index in [9.17, 15) is 0 Å². The van der Waals surface area contributed by atoms with Gasteiger partial charge in [0.2, 0.25) is 0 Å². The molecular weight excluding hydrogens is 1080 g/mol. The van der Waals surface area contributed by atoms with E-state index in [2.05, 4.69) is 323 Å². The maximum absolute atomic E-state index is 7.05. The van der Waals surface area contributed by atoms with Gasteiger partial charge in [0.1, 0.15) is 22.3 Å². The van der Waals surface area contributed by atoms with Gasteiger partial charge in [-0.25, -0.2) is 0 Å². The summed E-state index contributed by atoms with van der Waals surface area (Å²) in [5, 5.41) is 8.92. The molecule has 4 nitrogen and oxygen atoms in total. The summed E-state index contributed by atoms with van der Waals surface area (Å²) in [5.74, 6) is 0. The molecule has 2 aliphatic rings. The van der Waals surface area contributed by atoms with E-state index in [1.165, 1.54) is 66.8 Å². The fourth-order valence-electron chi connectivity index (χ4n) is 15.1. The molecule has 14 aromatic rings. The van der Waals surface area contributed by atoms with Crippen molar-refractivity contribution < 1.29 is 8.83 Å². The van der Waals surface area contributed by atoms with Crippen LogP contribution in [0.15, 0.2) is 239 Å². The Hall–Kier alpha value is -9.64. The molecule has 436 valence electrons. The molecule has 0 atom stereocenters. The number of furan rings is 2. The summed E-state index contributed by atoms with van der Waals surface area (Å²) >= 11 is 0. The molecule has 0 saturated heterocycles. The van der Waals surface area contributed by atoms with Gasteiger partial charge in [-0.1, -0.05) is 217 Å². The minimum absolute atomic E-state index is 0.0371. The standard InChI is InChI=1S/C85H74N2O2/c1-81(2,3)51-29-37-55(38-30-51)86(56-39-31-52(32-40-56)82(4,5)6)71-49-69-78(66-48-76-65(47-64(66)71)61-23-15-19-27-73(61)89-76)77-63-45-46-75-80(62-24-16-20-28-74(62)88-75)79(63)72(50-70(77)85(69)67-25-17-13-21-59(67)60-22-14-18-26-68(60)85)87(57-41-33-53(34-42-57)83(7,8)9)58-43-35-54(36-44-58)84(10,11)12/h13-50H,1-12H3. The van der Waals surface area contributed by atoms with Crippen LogP contribution < -0.4 is 9.80 Å². The first-order valence-corrected chi connectivity index (χ1v) is 31.7. The summed E-state index contributed by atoms with van der Waals surface area (Å²) in [6.07, 6.45) is 0. The highest BCUT2D eigenvalue weighted by molar-refractivity contribution is 6.29. The van der Waals surface area contributed by atoms with Gasteiger partial charge < -0.3 is 18.6 Å². The molecule has 0 bridgehead atoms. The SMILES string of the molecule is CC(C)(C)c1ccc(N(c2ccc(C(C)(C)C)cc2)c2cc3c(c4cc5oc6ccccc6c5cc24)-c2c(cc(N(c4ccc(C(C)(C)C)cc4)c4ccc(C(C)(C)C)cc4)c4c2ccc2oc5ccccc5c24)C32c3ccccc3-c3ccccc32)cc1. The molecule has 0 unspecified atom stereocenters. The fraction of sp³-hybridized carbons (Fsp3) is 0.200. The lowest BCUT2D eigenvalue weighted by atomic mass is 9.70. The van der Waals surface area contributed by atoms with Crippen LogP contribution in [0.2, 0.25) is 0 Å². The molecule has 89 heavy (non-hydrogen) atoms. The van der Waals surface area contributed by atoms with Gasteiger partial charge in [0, 0.05) is 55.1 Å². The van der Waals surface area contributed by atoms with Gasteiger partial charge in [-0.15, -0.1) is 0 Å². The van der Waals surface area contributed by atoms with Crippen molar-refractivity contribution in [3.05, 3.63) is 275 Å². The van der Waals surface area contributed by atoms with E-state index in [-0.39, 0.29) is 21.7 Å². The first-order chi connectivity index (χ1) is 42.7. The summed E-state index contributed by atoms with van der Waals surface area (Å²) in [6.45, 7) is 27.6. The lowest BCUT2D eigenvalue weighted by molar-refractivity contribution is 0.590. The maximum atomic E-state index is 7.05. The molecule has 0 radical (unpaired) electrons. The number of anilines is 6. The summed E-state index contributed by atoms with van der Waals surface area (Å²) in [5.41, 5.74) is 24.0. The van der Waals surface area contributed by atoms with Gasteiger partial charge >= 0.3 is 0 Å². The number of benzene rings is 12. The van der Waals surface area contributed by atoms with E-state index in [1.54, 1.807) is 0 Å². The van der Waals surface area contributed by atoms with E-state index < -0.39 is 5.41 Å². The van der Waals surface area contributed by atoms with Crippen LogP contribution in [-0.4, -0.2) is 0 Å². The van der Waals surface area contributed by atoms with Crippen LogP contribution in [0.4, 0.5) is 34.1 Å². The molecule has 2 heterocycles. The Morgan fingerprint density at radius 1 is 0.270 bits per heavy atom. The van der Waals surface area contributed by atoms with Crippen molar-refractivity contribution in [1.82, 2.24) is 0 Å². The van der Waals surface area contributed by atoms with E-state index >= 15 is 0 Å². The predicted molar refractivity (Wildman–Crippen MR) is 376 cm³/mol. The van der Waals surface area contributed by atoms with Crippen molar-refractivity contribution in [3.8, 4) is 22.3 Å². The van der Waals surface area contributed by atoms with Gasteiger partial charge in [-0.05, 0) is 196 Å². The van der Waals surface area contributed by atoms with E-state index in [4.69, 9.17) is 8.83 Å². The molecule has 2 aliphatic carbocycles. The number of para-hydroxylation sites is 2. The number of nitrogens with zero attached hydrogens (tertiary/aromatic N) is 2. The number of fused-ring (bicyclic) bond motifs is 21. The smallest absolute Gasteiger partial charge is 0.136 e. The first-order valence-electron chi connectivity index (χ1n) is 31.7. The molecule has 12 aromatic carbocycles. The van der Waals surface area contributed by atoms with Gasteiger partial charge in [0.05, 0.1) is 16.8 Å². The summed E-state index contributed by atoms with van der Waals surface area (Å²) in [7, 11) is 0. The van der Waals surface area contributed by atoms with Crippen molar-refractivity contribution >= 4 is 99.5 Å². The van der Waals surface area contributed by atoms with Crippen LogP contribution in [0.3, 0.4) is 0 Å². The zero-order valence-corrected chi connectivity index (χ0v) is 53.2. The zero-order chi connectivity index (χ0) is 61.3. The molecule has 16 rings (SSSR count). The summed E-state index contributed by atoms with van der Waals surface area (Å²) in [4.78, 5) is 5.08. The Morgan fingerprint density at radius 2 is 0.663 bits per heavy atom. The van der Waals surface area contributed by atoms with Crippen LogP contribution in [0.5, 0.6) is 0 Å². The summed E-state index contributed by atoms with van der Waals surface area (Å²) < 4.78 is 14.0. The van der Waals surface area contributed by atoms with Gasteiger partial charge in [-0.2, -0.15) is 0 Å².